The first-order chi connectivity index (χ1) is 11.4. The van der Waals surface area contributed by atoms with E-state index in [1.54, 1.807) is 0 Å². The number of ether oxygens (including phenoxy) is 1. The molecule has 0 aromatic carbocycles. The smallest absolute Gasteiger partial charge is 0.136 e. The second-order valence-electron chi connectivity index (χ2n) is 8.30. The maximum Gasteiger partial charge on any atom is 0.136 e. The Morgan fingerprint density at radius 2 is 2.08 bits per heavy atom. The van der Waals surface area contributed by atoms with Crippen LogP contribution in [0.25, 0.3) is 0 Å². The molecule has 2 aliphatic carbocycles. The van der Waals surface area contributed by atoms with E-state index in [0.717, 1.165) is 32.1 Å². The molecule has 0 heterocycles. The summed E-state index contributed by atoms with van der Waals surface area (Å²) in [7, 11) is 0. The van der Waals surface area contributed by atoms with E-state index in [1.165, 1.54) is 12.8 Å². The van der Waals surface area contributed by atoms with Gasteiger partial charge in [0.05, 0.1) is 18.8 Å². The van der Waals surface area contributed by atoms with Gasteiger partial charge in [0.1, 0.15) is 5.78 Å². The van der Waals surface area contributed by atoms with E-state index < -0.39 is 5.60 Å². The minimum atomic E-state index is -0.686. The minimum Gasteiger partial charge on any atom is -0.388 e. The molecular weight excluding hydrogens is 300 g/mol. The monoisotopic (exact) mass is 336 g/mol. The van der Waals surface area contributed by atoms with Crippen molar-refractivity contribution in [3.8, 4) is 0 Å². The lowest BCUT2D eigenvalue weighted by Gasteiger charge is -2.41. The third-order valence-electron chi connectivity index (χ3n) is 6.91. The number of rotatable bonds is 8. The molecule has 0 spiro atoms. The summed E-state index contributed by atoms with van der Waals surface area (Å²) in [6.45, 7) is 9.56. The highest BCUT2D eigenvalue weighted by Crippen LogP contribution is 2.56. The molecule has 24 heavy (non-hydrogen) atoms. The molecule has 2 fully saturated rings. The molecule has 0 aromatic heterocycles. The van der Waals surface area contributed by atoms with Crippen LogP contribution in [0, 0.1) is 23.2 Å². The SMILES string of the molecule is CCC(O)(CC)COCC=CC(C)[C@H]1CC[C@@H]2C(=O)CCC[C@]21C. The van der Waals surface area contributed by atoms with Crippen molar-refractivity contribution in [2.24, 2.45) is 23.2 Å². The number of fused-ring (bicyclic) bond motifs is 1. The Hall–Kier alpha value is -0.670. The molecule has 2 rings (SSSR count). The summed E-state index contributed by atoms with van der Waals surface area (Å²) in [5.41, 5.74) is -0.487. The van der Waals surface area contributed by atoms with Crippen LogP contribution in [0.3, 0.4) is 0 Å². The van der Waals surface area contributed by atoms with Crippen molar-refractivity contribution in [1.82, 2.24) is 0 Å². The van der Waals surface area contributed by atoms with Gasteiger partial charge in [0.25, 0.3) is 0 Å². The molecule has 0 amide bonds. The van der Waals surface area contributed by atoms with E-state index in [1.807, 2.05) is 13.8 Å². The lowest BCUT2D eigenvalue weighted by molar-refractivity contribution is -0.129. The zero-order chi connectivity index (χ0) is 17.8. The van der Waals surface area contributed by atoms with Gasteiger partial charge in [-0.25, -0.2) is 0 Å². The predicted octanol–water partition coefficient (Wildman–Crippen LogP) is 4.53. The number of hydrogen-bond donors (Lipinski definition) is 1. The molecule has 3 heteroatoms. The van der Waals surface area contributed by atoms with Crippen molar-refractivity contribution < 1.29 is 14.6 Å². The molecule has 3 nitrogen and oxygen atoms in total. The van der Waals surface area contributed by atoms with E-state index in [0.29, 0.717) is 36.8 Å². The normalized spacial score (nSPS) is 32.3. The highest BCUT2D eigenvalue weighted by Gasteiger charge is 2.51. The number of allylic oxidation sites excluding steroid dienone is 1. The average Bonchev–Trinajstić information content (AvgIpc) is 2.92. The Balaban J connectivity index is 1.84. The van der Waals surface area contributed by atoms with Crippen LogP contribution in [-0.2, 0) is 9.53 Å². The Morgan fingerprint density at radius 3 is 2.75 bits per heavy atom. The summed E-state index contributed by atoms with van der Waals surface area (Å²) in [5, 5.41) is 10.2. The molecule has 0 saturated heterocycles. The zero-order valence-corrected chi connectivity index (χ0v) is 16.0. The fourth-order valence-corrected chi connectivity index (χ4v) is 5.01. The number of carbonyl (C=O) groups is 1. The zero-order valence-electron chi connectivity index (χ0n) is 16.0. The summed E-state index contributed by atoms with van der Waals surface area (Å²) in [6.07, 6.45) is 11.1. The fourth-order valence-electron chi connectivity index (χ4n) is 5.01. The molecule has 1 unspecified atom stereocenters. The topological polar surface area (TPSA) is 46.5 Å². The number of Topliss-reactive ketones (excluding diaryl/α,β-unsaturated/α-hetero) is 1. The molecule has 4 atom stereocenters. The lowest BCUT2D eigenvalue weighted by Crippen LogP contribution is -2.39. The Labute approximate surface area is 147 Å². The van der Waals surface area contributed by atoms with Gasteiger partial charge in [0, 0.05) is 12.3 Å². The largest absolute Gasteiger partial charge is 0.388 e. The summed E-state index contributed by atoms with van der Waals surface area (Å²) >= 11 is 0. The van der Waals surface area contributed by atoms with E-state index >= 15 is 0 Å². The van der Waals surface area contributed by atoms with Crippen LogP contribution < -0.4 is 0 Å². The predicted molar refractivity (Wildman–Crippen MR) is 97.8 cm³/mol. The second-order valence-corrected chi connectivity index (χ2v) is 8.30. The molecule has 0 bridgehead atoms. The fraction of sp³-hybridized carbons (Fsp3) is 0.857. The van der Waals surface area contributed by atoms with Gasteiger partial charge >= 0.3 is 0 Å². The molecule has 138 valence electrons. The summed E-state index contributed by atoms with van der Waals surface area (Å²) in [4.78, 5) is 12.2. The Kier molecular flexibility index (Phi) is 6.66. The molecular formula is C21H36O3. The van der Waals surface area contributed by atoms with E-state index in [-0.39, 0.29) is 5.41 Å². The average molecular weight is 337 g/mol. The standard InChI is InChI=1S/C21H36O3/c1-5-21(23,6-2)15-24-14-8-9-16(3)17-11-12-18-19(22)10-7-13-20(17,18)4/h8-9,16-18,23H,5-7,10-15H2,1-4H3/t16?,17-,18-,20+/m1/s1. The molecule has 2 aliphatic rings. The van der Waals surface area contributed by atoms with Crippen molar-refractivity contribution in [2.75, 3.05) is 13.2 Å². The van der Waals surface area contributed by atoms with Gasteiger partial charge in [-0.2, -0.15) is 0 Å². The van der Waals surface area contributed by atoms with E-state index in [9.17, 15) is 9.90 Å². The molecule has 1 N–H and O–H groups in total. The van der Waals surface area contributed by atoms with Gasteiger partial charge < -0.3 is 9.84 Å². The maximum absolute atomic E-state index is 12.2. The first-order valence-electron chi connectivity index (χ1n) is 9.86. The van der Waals surface area contributed by atoms with Gasteiger partial charge in [-0.15, -0.1) is 0 Å². The number of ketones is 1. The highest BCUT2D eigenvalue weighted by atomic mass is 16.5. The van der Waals surface area contributed by atoms with Crippen LogP contribution in [-0.4, -0.2) is 29.7 Å². The summed E-state index contributed by atoms with van der Waals surface area (Å²) < 4.78 is 5.65. The van der Waals surface area contributed by atoms with Crippen molar-refractivity contribution in [1.29, 1.82) is 0 Å². The summed E-state index contributed by atoms with van der Waals surface area (Å²) in [6, 6.07) is 0. The van der Waals surface area contributed by atoms with Crippen molar-refractivity contribution >= 4 is 5.78 Å². The van der Waals surface area contributed by atoms with Crippen LogP contribution in [0.15, 0.2) is 12.2 Å². The molecule has 2 saturated carbocycles. The Morgan fingerprint density at radius 1 is 1.38 bits per heavy atom. The quantitative estimate of drug-likeness (QED) is 0.523. The lowest BCUT2D eigenvalue weighted by atomic mass is 9.62. The number of aliphatic hydroxyl groups is 1. The molecule has 0 aliphatic heterocycles. The van der Waals surface area contributed by atoms with Crippen molar-refractivity contribution in [3.05, 3.63) is 12.2 Å². The maximum atomic E-state index is 12.2. The van der Waals surface area contributed by atoms with Crippen LogP contribution in [0.4, 0.5) is 0 Å². The summed E-state index contributed by atoms with van der Waals surface area (Å²) in [5.74, 6) is 1.88. The Bertz CT molecular complexity index is 452. The van der Waals surface area contributed by atoms with Crippen LogP contribution in [0.5, 0.6) is 0 Å². The van der Waals surface area contributed by atoms with Crippen LogP contribution in [0.1, 0.15) is 72.6 Å². The second kappa shape index (κ2) is 8.14. The van der Waals surface area contributed by atoms with Gasteiger partial charge in [-0.3, -0.25) is 4.79 Å². The van der Waals surface area contributed by atoms with Crippen molar-refractivity contribution in [3.63, 3.8) is 0 Å². The van der Waals surface area contributed by atoms with Crippen LogP contribution in [0.2, 0.25) is 0 Å². The highest BCUT2D eigenvalue weighted by molar-refractivity contribution is 5.83. The van der Waals surface area contributed by atoms with Gasteiger partial charge in [0.2, 0.25) is 0 Å². The first kappa shape index (κ1) is 19.7. The van der Waals surface area contributed by atoms with Crippen LogP contribution >= 0.6 is 0 Å². The van der Waals surface area contributed by atoms with Gasteiger partial charge in [-0.1, -0.05) is 39.8 Å². The van der Waals surface area contributed by atoms with Gasteiger partial charge in [0.15, 0.2) is 0 Å². The third-order valence-corrected chi connectivity index (χ3v) is 6.91. The van der Waals surface area contributed by atoms with Gasteiger partial charge in [-0.05, 0) is 55.8 Å². The molecule has 0 aromatic rings. The number of hydrogen-bond acceptors (Lipinski definition) is 3. The molecule has 0 radical (unpaired) electrons. The first-order valence-corrected chi connectivity index (χ1v) is 9.86. The minimum absolute atomic E-state index is 0.199. The van der Waals surface area contributed by atoms with E-state index in [2.05, 4.69) is 26.0 Å². The van der Waals surface area contributed by atoms with E-state index in [4.69, 9.17) is 4.74 Å². The third kappa shape index (κ3) is 4.11. The van der Waals surface area contributed by atoms with Crippen molar-refractivity contribution in [2.45, 2.75) is 78.2 Å². The number of carbonyl (C=O) groups excluding carboxylic acids is 1.